The molecule has 4 rings (SSSR count). The van der Waals surface area contributed by atoms with Gasteiger partial charge in [0.05, 0.1) is 29.7 Å². The van der Waals surface area contributed by atoms with Crippen molar-refractivity contribution in [3.63, 3.8) is 0 Å². The number of rotatable bonds is 5. The Morgan fingerprint density at radius 1 is 1.29 bits per heavy atom. The predicted octanol–water partition coefficient (Wildman–Crippen LogP) is 5.06. The van der Waals surface area contributed by atoms with Gasteiger partial charge in [0.15, 0.2) is 0 Å². The largest absolute Gasteiger partial charge is 0.443 e. The van der Waals surface area contributed by atoms with E-state index in [4.69, 9.17) is 9.72 Å². The normalized spacial score (nSPS) is 14.0. The molecule has 1 aliphatic rings. The quantitative estimate of drug-likeness (QED) is 0.412. The minimum atomic E-state index is -0.745. The molecular weight excluding hydrogens is 444 g/mol. The summed E-state index contributed by atoms with van der Waals surface area (Å²) in [5.74, 6) is 0.0225. The topological polar surface area (TPSA) is 102 Å². The van der Waals surface area contributed by atoms with Crippen LogP contribution >= 0.6 is 0 Å². The van der Waals surface area contributed by atoms with Gasteiger partial charge in [0.25, 0.3) is 5.91 Å². The minimum absolute atomic E-state index is 0.0368. The maximum Gasteiger partial charge on any atom is 0.417 e. The molecule has 0 fully saturated rings. The number of amides is 2. The highest BCUT2D eigenvalue weighted by atomic mass is 16.6. The summed E-state index contributed by atoms with van der Waals surface area (Å²) in [5, 5.41) is 4.05. The molecule has 2 amide bonds. The van der Waals surface area contributed by atoms with Crippen LogP contribution in [0.3, 0.4) is 0 Å². The first-order valence-corrected chi connectivity index (χ1v) is 11.2. The van der Waals surface area contributed by atoms with Crippen LogP contribution in [-0.4, -0.2) is 43.3 Å². The fourth-order valence-electron chi connectivity index (χ4n) is 3.98. The molecule has 3 aromatic heterocycles. The number of pyridine rings is 2. The van der Waals surface area contributed by atoms with Crippen molar-refractivity contribution in [3.05, 3.63) is 66.4 Å². The summed E-state index contributed by atoms with van der Waals surface area (Å²) in [6.45, 7) is 10.8. The van der Waals surface area contributed by atoms with Crippen molar-refractivity contribution in [2.45, 2.75) is 39.8 Å². The van der Waals surface area contributed by atoms with E-state index in [9.17, 15) is 9.59 Å². The van der Waals surface area contributed by atoms with E-state index in [1.165, 1.54) is 0 Å². The number of carbonyl (C=O) groups is 2. The summed E-state index contributed by atoms with van der Waals surface area (Å²) >= 11 is 0. The molecule has 9 nitrogen and oxygen atoms in total. The summed E-state index contributed by atoms with van der Waals surface area (Å²) in [6.07, 6.45) is 9.41. The lowest BCUT2D eigenvalue weighted by Crippen LogP contribution is -2.37. The lowest BCUT2D eigenvalue weighted by molar-refractivity contribution is 0.0248. The summed E-state index contributed by atoms with van der Waals surface area (Å²) in [4.78, 5) is 41.0. The smallest absolute Gasteiger partial charge is 0.417 e. The molecule has 0 spiro atoms. The molecule has 0 aromatic carbocycles. The Bertz CT molecular complexity index is 1390. The molecule has 0 bridgehead atoms. The fourth-order valence-corrected chi connectivity index (χ4v) is 3.98. The van der Waals surface area contributed by atoms with Crippen LogP contribution < -0.4 is 5.32 Å². The molecule has 35 heavy (non-hydrogen) atoms. The van der Waals surface area contributed by atoms with Gasteiger partial charge >= 0.3 is 6.09 Å². The molecule has 3 aromatic rings. The number of hydrogen-bond donors (Lipinski definition) is 1. The maximum atomic E-state index is 13.6. The zero-order valence-electron chi connectivity index (χ0n) is 20.5. The Morgan fingerprint density at radius 2 is 2.06 bits per heavy atom. The van der Waals surface area contributed by atoms with Crippen molar-refractivity contribution < 1.29 is 14.3 Å². The number of aliphatic imine (C=N–C) groups is 1. The van der Waals surface area contributed by atoms with E-state index in [1.807, 2.05) is 29.9 Å². The van der Waals surface area contributed by atoms with Gasteiger partial charge in [-0.15, -0.1) is 0 Å². The monoisotopic (exact) mass is 472 g/mol. The molecule has 0 atom stereocenters. The Labute approximate surface area is 203 Å². The van der Waals surface area contributed by atoms with E-state index in [1.54, 1.807) is 58.5 Å². The molecule has 0 unspecified atom stereocenters. The molecule has 1 N–H and O–H groups in total. The summed E-state index contributed by atoms with van der Waals surface area (Å²) in [6, 6.07) is 3.82. The number of hydrogen-bond acceptors (Lipinski definition) is 7. The van der Waals surface area contributed by atoms with Crippen LogP contribution in [0.2, 0.25) is 0 Å². The number of nitrogens with zero attached hydrogens (tertiary/aromatic N) is 5. The molecular formula is C26H28N6O3. The molecule has 0 radical (unpaired) electrons. The molecule has 1 aliphatic heterocycles. The van der Waals surface area contributed by atoms with Gasteiger partial charge < -0.3 is 14.6 Å². The average molecular weight is 473 g/mol. The van der Waals surface area contributed by atoms with Gasteiger partial charge in [-0.05, 0) is 45.9 Å². The third-order valence-corrected chi connectivity index (χ3v) is 5.40. The van der Waals surface area contributed by atoms with E-state index >= 15 is 0 Å². The number of allylic oxidation sites excluding steroid dienone is 2. The van der Waals surface area contributed by atoms with Crippen molar-refractivity contribution >= 4 is 34.9 Å². The highest BCUT2D eigenvalue weighted by molar-refractivity contribution is 6.11. The van der Waals surface area contributed by atoms with Crippen molar-refractivity contribution in [1.29, 1.82) is 0 Å². The van der Waals surface area contributed by atoms with E-state index in [2.05, 4.69) is 21.9 Å². The lowest BCUT2D eigenvalue weighted by Gasteiger charge is -2.23. The first-order chi connectivity index (χ1) is 16.6. The standard InChI is InChI=1S/C26H28N6O3/c1-7-9-20(27-8-2)30-19-14-29-22(16-10-12-28-23-17(16)11-13-31(23)6)18-15-32(24(33)21(18)19)25(34)35-26(3,4)5/h7-14,30H,1,15H2,2-6H3/b20-9+,27-8?. The van der Waals surface area contributed by atoms with Gasteiger partial charge in [0.2, 0.25) is 0 Å². The number of imide groups is 1. The van der Waals surface area contributed by atoms with Crippen molar-refractivity contribution in [2.24, 2.45) is 12.0 Å². The molecule has 0 saturated carbocycles. The summed E-state index contributed by atoms with van der Waals surface area (Å²) in [7, 11) is 1.92. The highest BCUT2D eigenvalue weighted by Gasteiger charge is 2.39. The van der Waals surface area contributed by atoms with Crippen LogP contribution in [0, 0.1) is 0 Å². The predicted molar refractivity (Wildman–Crippen MR) is 136 cm³/mol. The van der Waals surface area contributed by atoms with Crippen LogP contribution in [0.5, 0.6) is 0 Å². The second-order valence-corrected chi connectivity index (χ2v) is 9.07. The fraction of sp³-hybridized carbons (Fsp3) is 0.269. The van der Waals surface area contributed by atoms with Crippen LogP contribution in [0.25, 0.3) is 22.3 Å². The van der Waals surface area contributed by atoms with Crippen molar-refractivity contribution in [3.8, 4) is 11.3 Å². The number of aromatic nitrogens is 3. The molecule has 0 aliphatic carbocycles. The first kappa shape index (κ1) is 23.9. The van der Waals surface area contributed by atoms with Gasteiger partial charge in [0, 0.05) is 42.2 Å². The Hall–Kier alpha value is -4.27. The van der Waals surface area contributed by atoms with Crippen molar-refractivity contribution in [1.82, 2.24) is 19.4 Å². The maximum absolute atomic E-state index is 13.6. The number of nitrogens with one attached hydrogen (secondary N) is 1. The highest BCUT2D eigenvalue weighted by Crippen LogP contribution is 2.38. The van der Waals surface area contributed by atoms with E-state index in [0.29, 0.717) is 28.3 Å². The number of carbonyl (C=O) groups excluding carboxylic acids is 2. The molecule has 0 saturated heterocycles. The number of aryl methyl sites for hydroxylation is 1. The van der Waals surface area contributed by atoms with Crippen molar-refractivity contribution in [2.75, 3.05) is 5.32 Å². The SMILES string of the molecule is C=C/C=C(\N=CC)Nc1cnc(-c2ccnc3c2ccn3C)c2c1C(=O)N(C(=O)OC(C)(C)C)C2. The van der Waals surface area contributed by atoms with E-state index in [0.717, 1.165) is 21.5 Å². The molecule has 180 valence electrons. The summed E-state index contributed by atoms with van der Waals surface area (Å²) in [5.41, 5.74) is 2.90. The third-order valence-electron chi connectivity index (χ3n) is 5.40. The third kappa shape index (κ3) is 4.57. The molecule has 4 heterocycles. The first-order valence-electron chi connectivity index (χ1n) is 11.2. The second kappa shape index (κ2) is 9.17. The van der Waals surface area contributed by atoms with E-state index in [-0.39, 0.29) is 6.54 Å². The van der Waals surface area contributed by atoms with Crippen LogP contribution in [0.15, 0.2) is 60.3 Å². The number of anilines is 1. The average Bonchev–Trinajstić information content (AvgIpc) is 3.34. The summed E-state index contributed by atoms with van der Waals surface area (Å²) < 4.78 is 7.42. The zero-order chi connectivity index (χ0) is 25.3. The van der Waals surface area contributed by atoms with E-state index < -0.39 is 17.6 Å². The Morgan fingerprint density at radius 3 is 2.74 bits per heavy atom. The van der Waals surface area contributed by atoms with Gasteiger partial charge in [-0.1, -0.05) is 12.7 Å². The van der Waals surface area contributed by atoms with Gasteiger partial charge in [0.1, 0.15) is 17.1 Å². The van der Waals surface area contributed by atoms with Crippen LogP contribution in [-0.2, 0) is 18.3 Å². The van der Waals surface area contributed by atoms with Gasteiger partial charge in [-0.2, -0.15) is 0 Å². The second-order valence-electron chi connectivity index (χ2n) is 9.07. The Kier molecular flexibility index (Phi) is 6.26. The molecule has 9 heteroatoms. The van der Waals surface area contributed by atoms with Gasteiger partial charge in [-0.3, -0.25) is 9.78 Å². The minimum Gasteiger partial charge on any atom is -0.443 e. The number of ether oxygens (including phenoxy) is 1. The zero-order valence-corrected chi connectivity index (χ0v) is 20.5. The van der Waals surface area contributed by atoms with Crippen LogP contribution in [0.4, 0.5) is 10.5 Å². The van der Waals surface area contributed by atoms with Crippen LogP contribution in [0.1, 0.15) is 43.6 Å². The number of fused-ring (bicyclic) bond motifs is 2. The van der Waals surface area contributed by atoms with Gasteiger partial charge in [-0.25, -0.2) is 19.7 Å². The lowest BCUT2D eigenvalue weighted by atomic mass is 10.0. The Balaban J connectivity index is 1.88.